The third kappa shape index (κ3) is 2.66. The van der Waals surface area contributed by atoms with Gasteiger partial charge >= 0.3 is 5.97 Å². The molecule has 3 N–H and O–H groups in total. The zero-order valence-electron chi connectivity index (χ0n) is 11.7. The number of nitrogens with zero attached hydrogens (tertiary/aromatic N) is 1. The molecule has 20 heavy (non-hydrogen) atoms. The van der Waals surface area contributed by atoms with E-state index >= 15 is 0 Å². The highest BCUT2D eigenvalue weighted by atomic mass is 16.4. The molecule has 1 heterocycles. The Labute approximate surface area is 119 Å². The molecular formula is C16H22N2O2. The van der Waals surface area contributed by atoms with Crippen LogP contribution in [0, 0.1) is 5.92 Å². The lowest BCUT2D eigenvalue weighted by Crippen LogP contribution is -2.49. The van der Waals surface area contributed by atoms with Crippen molar-refractivity contribution < 1.29 is 9.90 Å². The first kappa shape index (κ1) is 13.4. The highest BCUT2D eigenvalue weighted by Crippen LogP contribution is 2.36. The topological polar surface area (TPSA) is 66.6 Å². The summed E-state index contributed by atoms with van der Waals surface area (Å²) in [5.41, 5.74) is 7.93. The van der Waals surface area contributed by atoms with Crippen LogP contribution in [0.25, 0.3) is 0 Å². The van der Waals surface area contributed by atoms with Crippen molar-refractivity contribution in [2.45, 2.75) is 37.6 Å². The number of nitrogens with two attached hydrogens (primary N) is 1. The minimum Gasteiger partial charge on any atom is -0.481 e. The second-order valence-corrected chi connectivity index (χ2v) is 6.14. The van der Waals surface area contributed by atoms with E-state index in [0.29, 0.717) is 12.0 Å². The standard InChI is InChI=1S/C16H22N2O2/c17-14-3-1-11(2-4-14)12-5-7-18(8-6-12)15-9-13(10-15)16(19)20/h1-4,12-13,15H,5-10,17H2,(H,19,20). The van der Waals surface area contributed by atoms with Crippen molar-refractivity contribution in [2.75, 3.05) is 18.8 Å². The molecule has 0 radical (unpaired) electrons. The Morgan fingerprint density at radius 1 is 1.15 bits per heavy atom. The van der Waals surface area contributed by atoms with Gasteiger partial charge in [-0.3, -0.25) is 4.79 Å². The van der Waals surface area contributed by atoms with Crippen LogP contribution >= 0.6 is 0 Å². The zero-order valence-corrected chi connectivity index (χ0v) is 11.7. The van der Waals surface area contributed by atoms with Crippen molar-refractivity contribution in [1.29, 1.82) is 0 Å². The number of anilines is 1. The smallest absolute Gasteiger partial charge is 0.306 e. The lowest BCUT2D eigenvalue weighted by atomic mass is 9.78. The quantitative estimate of drug-likeness (QED) is 0.830. The summed E-state index contributed by atoms with van der Waals surface area (Å²) in [6.07, 6.45) is 4.00. The molecule has 108 valence electrons. The number of piperidine rings is 1. The number of nitrogen functional groups attached to an aromatic ring is 1. The van der Waals surface area contributed by atoms with Crippen LogP contribution in [0.4, 0.5) is 5.69 Å². The van der Waals surface area contributed by atoms with E-state index in [4.69, 9.17) is 10.8 Å². The first-order chi connectivity index (χ1) is 9.63. The fourth-order valence-corrected chi connectivity index (χ4v) is 3.45. The largest absolute Gasteiger partial charge is 0.481 e. The van der Waals surface area contributed by atoms with Crippen molar-refractivity contribution in [3.05, 3.63) is 29.8 Å². The van der Waals surface area contributed by atoms with Crippen LogP contribution in [0.15, 0.2) is 24.3 Å². The van der Waals surface area contributed by atoms with Gasteiger partial charge < -0.3 is 15.7 Å². The van der Waals surface area contributed by atoms with Crippen LogP contribution in [0.2, 0.25) is 0 Å². The monoisotopic (exact) mass is 274 g/mol. The molecule has 0 unspecified atom stereocenters. The average molecular weight is 274 g/mol. The number of hydrogen-bond donors (Lipinski definition) is 2. The van der Waals surface area contributed by atoms with Crippen molar-refractivity contribution in [1.82, 2.24) is 4.90 Å². The summed E-state index contributed by atoms with van der Waals surface area (Å²) >= 11 is 0. The van der Waals surface area contributed by atoms with Crippen LogP contribution in [0.1, 0.15) is 37.2 Å². The SMILES string of the molecule is Nc1ccc(C2CCN(C3CC(C(=O)O)C3)CC2)cc1. The van der Waals surface area contributed by atoms with Gasteiger partial charge in [-0.15, -0.1) is 0 Å². The third-order valence-corrected chi connectivity index (χ3v) is 4.92. The maximum atomic E-state index is 10.8. The number of rotatable bonds is 3. The normalized spacial score (nSPS) is 28.0. The third-order valence-electron chi connectivity index (χ3n) is 4.92. The van der Waals surface area contributed by atoms with Gasteiger partial charge in [0, 0.05) is 11.7 Å². The van der Waals surface area contributed by atoms with Crippen LogP contribution < -0.4 is 5.73 Å². The van der Waals surface area contributed by atoms with Crippen LogP contribution in [0.3, 0.4) is 0 Å². The lowest BCUT2D eigenvalue weighted by Gasteiger charge is -2.44. The van der Waals surface area contributed by atoms with E-state index in [-0.39, 0.29) is 5.92 Å². The molecule has 3 rings (SSSR count). The Hall–Kier alpha value is -1.55. The first-order valence-corrected chi connectivity index (χ1v) is 7.46. The van der Waals surface area contributed by atoms with Crippen molar-refractivity contribution in [2.24, 2.45) is 5.92 Å². The molecule has 1 saturated heterocycles. The molecule has 1 aliphatic heterocycles. The summed E-state index contributed by atoms with van der Waals surface area (Å²) in [5, 5.41) is 8.93. The number of aliphatic carboxylic acids is 1. The molecule has 2 fully saturated rings. The first-order valence-electron chi connectivity index (χ1n) is 7.46. The second kappa shape index (κ2) is 5.44. The lowest BCUT2D eigenvalue weighted by molar-refractivity contribution is -0.147. The Morgan fingerprint density at radius 2 is 1.75 bits per heavy atom. The highest BCUT2D eigenvalue weighted by Gasteiger charge is 2.38. The molecular weight excluding hydrogens is 252 g/mol. The molecule has 1 aliphatic carbocycles. The number of likely N-dealkylation sites (tertiary alicyclic amines) is 1. The summed E-state index contributed by atoms with van der Waals surface area (Å²) in [7, 11) is 0. The molecule has 4 heteroatoms. The fraction of sp³-hybridized carbons (Fsp3) is 0.562. The maximum Gasteiger partial charge on any atom is 0.306 e. The van der Waals surface area contributed by atoms with Crippen LogP contribution in [-0.2, 0) is 4.79 Å². The fourth-order valence-electron chi connectivity index (χ4n) is 3.45. The van der Waals surface area contributed by atoms with Gasteiger partial charge in [0.2, 0.25) is 0 Å². The Kier molecular flexibility index (Phi) is 3.66. The summed E-state index contributed by atoms with van der Waals surface area (Å²) < 4.78 is 0. The second-order valence-electron chi connectivity index (χ2n) is 6.14. The molecule has 4 nitrogen and oxygen atoms in total. The summed E-state index contributed by atoms with van der Waals surface area (Å²) in [6, 6.07) is 8.73. The number of carboxylic acid groups (broad SMARTS) is 1. The highest BCUT2D eigenvalue weighted by molar-refractivity contribution is 5.71. The average Bonchev–Trinajstić information content (AvgIpc) is 2.38. The van der Waals surface area contributed by atoms with E-state index in [1.54, 1.807) is 0 Å². The van der Waals surface area contributed by atoms with E-state index in [1.807, 2.05) is 12.1 Å². The number of benzene rings is 1. The molecule has 2 aliphatic rings. The Bertz CT molecular complexity index is 472. The minimum absolute atomic E-state index is 0.102. The number of hydrogen-bond acceptors (Lipinski definition) is 3. The zero-order chi connectivity index (χ0) is 14.1. The molecule has 0 atom stereocenters. The summed E-state index contributed by atoms with van der Waals surface area (Å²) in [4.78, 5) is 13.3. The summed E-state index contributed by atoms with van der Waals surface area (Å²) in [6.45, 7) is 2.18. The molecule has 1 saturated carbocycles. The minimum atomic E-state index is -0.627. The number of carbonyl (C=O) groups is 1. The predicted octanol–water partition coefficient (Wildman–Crippen LogP) is 2.31. The van der Waals surface area contributed by atoms with Crippen molar-refractivity contribution in [3.63, 3.8) is 0 Å². The van der Waals surface area contributed by atoms with Gasteiger partial charge in [-0.1, -0.05) is 12.1 Å². The van der Waals surface area contributed by atoms with Gasteiger partial charge in [0.25, 0.3) is 0 Å². The van der Waals surface area contributed by atoms with E-state index in [2.05, 4.69) is 17.0 Å². The number of carboxylic acids is 1. The van der Waals surface area contributed by atoms with E-state index in [1.165, 1.54) is 5.56 Å². The molecule has 0 bridgehead atoms. The van der Waals surface area contributed by atoms with Gasteiger partial charge in [0.05, 0.1) is 5.92 Å². The Balaban J connectivity index is 1.50. The molecule has 1 aromatic carbocycles. The van der Waals surface area contributed by atoms with Gasteiger partial charge in [-0.05, 0) is 62.4 Å². The molecule has 0 spiro atoms. The molecule has 1 aromatic rings. The van der Waals surface area contributed by atoms with Crippen LogP contribution in [-0.4, -0.2) is 35.1 Å². The molecule has 0 aromatic heterocycles. The van der Waals surface area contributed by atoms with Gasteiger partial charge in [0.15, 0.2) is 0 Å². The van der Waals surface area contributed by atoms with E-state index in [9.17, 15) is 4.79 Å². The molecule has 0 amide bonds. The maximum absolute atomic E-state index is 10.8. The van der Waals surface area contributed by atoms with E-state index in [0.717, 1.165) is 44.5 Å². The van der Waals surface area contributed by atoms with Gasteiger partial charge in [0.1, 0.15) is 0 Å². The predicted molar refractivity (Wildman–Crippen MR) is 78.6 cm³/mol. The van der Waals surface area contributed by atoms with E-state index < -0.39 is 5.97 Å². The van der Waals surface area contributed by atoms with Crippen LogP contribution in [0.5, 0.6) is 0 Å². The Morgan fingerprint density at radius 3 is 2.30 bits per heavy atom. The van der Waals surface area contributed by atoms with Gasteiger partial charge in [-0.25, -0.2) is 0 Å². The summed E-state index contributed by atoms with van der Waals surface area (Å²) in [5.74, 6) is -0.102. The van der Waals surface area contributed by atoms with Crippen molar-refractivity contribution >= 4 is 11.7 Å². The van der Waals surface area contributed by atoms with Crippen molar-refractivity contribution in [3.8, 4) is 0 Å². The van der Waals surface area contributed by atoms with Gasteiger partial charge in [-0.2, -0.15) is 0 Å².